The van der Waals surface area contributed by atoms with E-state index in [1.807, 2.05) is 0 Å². The van der Waals surface area contributed by atoms with Crippen LogP contribution in [-0.2, 0) is 0 Å². The van der Waals surface area contributed by atoms with E-state index in [-0.39, 0.29) is 5.82 Å². The second-order valence-corrected chi connectivity index (χ2v) is 6.55. The molecule has 19 heavy (non-hydrogen) atoms. The minimum absolute atomic E-state index is 0.159. The Hall–Kier alpha value is -0.450. The van der Waals surface area contributed by atoms with Gasteiger partial charge in [-0.1, -0.05) is 29.8 Å². The molecule has 1 aliphatic rings. The topological polar surface area (TPSA) is 15.3 Å². The summed E-state index contributed by atoms with van der Waals surface area (Å²) in [5.41, 5.74) is 1.09. The number of piperazine rings is 1. The SMILES string of the molecule is CC(C)C[C@H](c1cc(F)cc(Br)c1)N1CCNCC1. The summed E-state index contributed by atoms with van der Waals surface area (Å²) in [6.07, 6.45) is 1.07. The summed E-state index contributed by atoms with van der Waals surface area (Å²) in [6.45, 7) is 8.56. The zero-order valence-corrected chi connectivity index (χ0v) is 13.2. The van der Waals surface area contributed by atoms with Gasteiger partial charge in [0.15, 0.2) is 0 Å². The highest BCUT2D eigenvalue weighted by atomic mass is 79.9. The first kappa shape index (κ1) is 14.9. The van der Waals surface area contributed by atoms with Gasteiger partial charge in [0.2, 0.25) is 0 Å². The van der Waals surface area contributed by atoms with Gasteiger partial charge in [-0.15, -0.1) is 0 Å². The van der Waals surface area contributed by atoms with E-state index in [4.69, 9.17) is 0 Å². The van der Waals surface area contributed by atoms with E-state index in [0.29, 0.717) is 12.0 Å². The Morgan fingerprint density at radius 3 is 2.53 bits per heavy atom. The number of nitrogens with one attached hydrogen (secondary N) is 1. The van der Waals surface area contributed by atoms with Gasteiger partial charge < -0.3 is 5.32 Å². The fourth-order valence-corrected chi connectivity index (χ4v) is 3.19. The van der Waals surface area contributed by atoms with Crippen LogP contribution in [0.15, 0.2) is 22.7 Å². The van der Waals surface area contributed by atoms with E-state index in [9.17, 15) is 4.39 Å². The minimum Gasteiger partial charge on any atom is -0.314 e. The third kappa shape index (κ3) is 4.26. The predicted molar refractivity (Wildman–Crippen MR) is 80.7 cm³/mol. The first-order valence-electron chi connectivity index (χ1n) is 6.97. The molecule has 1 fully saturated rings. The number of halogens is 2. The van der Waals surface area contributed by atoms with Crippen molar-refractivity contribution in [2.45, 2.75) is 26.3 Å². The van der Waals surface area contributed by atoms with Gasteiger partial charge in [0.25, 0.3) is 0 Å². The zero-order valence-electron chi connectivity index (χ0n) is 11.6. The molecule has 1 aliphatic heterocycles. The fraction of sp³-hybridized carbons (Fsp3) is 0.600. The minimum atomic E-state index is -0.159. The van der Waals surface area contributed by atoms with Gasteiger partial charge in [0.05, 0.1) is 0 Å². The molecule has 0 radical (unpaired) electrons. The Bertz CT molecular complexity index is 396. The van der Waals surface area contributed by atoms with Crippen molar-refractivity contribution in [1.82, 2.24) is 10.2 Å². The molecular weight excluding hydrogens is 307 g/mol. The van der Waals surface area contributed by atoms with Crippen LogP contribution in [-0.4, -0.2) is 31.1 Å². The largest absolute Gasteiger partial charge is 0.314 e. The Labute approximate surface area is 123 Å². The number of hydrogen-bond acceptors (Lipinski definition) is 2. The molecule has 4 heteroatoms. The predicted octanol–water partition coefficient (Wildman–Crippen LogP) is 3.58. The molecule has 1 aromatic rings. The van der Waals surface area contributed by atoms with Crippen LogP contribution in [0.5, 0.6) is 0 Å². The molecule has 0 saturated carbocycles. The van der Waals surface area contributed by atoms with Crippen LogP contribution in [0.3, 0.4) is 0 Å². The molecule has 0 aromatic heterocycles. The maximum absolute atomic E-state index is 13.6. The standard InChI is InChI=1S/C15H22BrFN2/c1-11(2)7-15(19-5-3-18-4-6-19)12-8-13(16)10-14(17)9-12/h8-11,15,18H,3-7H2,1-2H3/t15-/m1/s1. The van der Waals surface area contributed by atoms with Crippen LogP contribution >= 0.6 is 15.9 Å². The Kier molecular flexibility index (Phi) is 5.37. The molecule has 1 N–H and O–H groups in total. The molecule has 2 rings (SSSR count). The first-order valence-corrected chi connectivity index (χ1v) is 7.76. The summed E-state index contributed by atoms with van der Waals surface area (Å²) in [6, 6.07) is 5.57. The molecule has 0 aliphatic carbocycles. The summed E-state index contributed by atoms with van der Waals surface area (Å²) >= 11 is 3.40. The van der Waals surface area contributed by atoms with Crippen molar-refractivity contribution >= 4 is 15.9 Å². The van der Waals surface area contributed by atoms with Crippen LogP contribution in [0, 0.1) is 11.7 Å². The van der Waals surface area contributed by atoms with Crippen molar-refractivity contribution < 1.29 is 4.39 Å². The second kappa shape index (κ2) is 6.82. The molecule has 1 atom stereocenters. The van der Waals surface area contributed by atoms with E-state index >= 15 is 0 Å². The van der Waals surface area contributed by atoms with Crippen molar-refractivity contribution in [3.8, 4) is 0 Å². The maximum Gasteiger partial charge on any atom is 0.124 e. The zero-order chi connectivity index (χ0) is 13.8. The van der Waals surface area contributed by atoms with Gasteiger partial charge in [-0.3, -0.25) is 4.90 Å². The lowest BCUT2D eigenvalue weighted by Gasteiger charge is -2.36. The number of rotatable bonds is 4. The molecular formula is C15H22BrFN2. The average molecular weight is 329 g/mol. The van der Waals surface area contributed by atoms with Crippen LogP contribution in [0.4, 0.5) is 4.39 Å². The molecule has 106 valence electrons. The van der Waals surface area contributed by atoms with E-state index < -0.39 is 0 Å². The van der Waals surface area contributed by atoms with Crippen LogP contribution < -0.4 is 5.32 Å². The second-order valence-electron chi connectivity index (χ2n) is 5.63. The molecule has 0 amide bonds. The van der Waals surface area contributed by atoms with E-state index in [0.717, 1.165) is 42.6 Å². The summed E-state index contributed by atoms with van der Waals surface area (Å²) < 4.78 is 14.5. The third-order valence-electron chi connectivity index (χ3n) is 3.56. The summed E-state index contributed by atoms with van der Waals surface area (Å²) in [4.78, 5) is 2.47. The van der Waals surface area contributed by atoms with Crippen LogP contribution in [0.2, 0.25) is 0 Å². The van der Waals surface area contributed by atoms with Gasteiger partial charge in [0, 0.05) is 36.7 Å². The Morgan fingerprint density at radius 1 is 1.26 bits per heavy atom. The molecule has 1 aromatic carbocycles. The van der Waals surface area contributed by atoms with Crippen molar-refractivity contribution in [3.05, 3.63) is 34.1 Å². The average Bonchev–Trinajstić information content (AvgIpc) is 2.35. The van der Waals surface area contributed by atoms with Crippen LogP contribution in [0.25, 0.3) is 0 Å². The molecule has 0 spiro atoms. The smallest absolute Gasteiger partial charge is 0.124 e. The summed E-state index contributed by atoms with van der Waals surface area (Å²) in [5, 5.41) is 3.37. The van der Waals surface area contributed by atoms with Gasteiger partial charge in [-0.05, 0) is 36.1 Å². The Morgan fingerprint density at radius 2 is 1.95 bits per heavy atom. The summed E-state index contributed by atoms with van der Waals surface area (Å²) in [5.74, 6) is 0.440. The lowest BCUT2D eigenvalue weighted by atomic mass is 9.95. The number of hydrogen-bond donors (Lipinski definition) is 1. The van der Waals surface area contributed by atoms with E-state index in [2.05, 4.69) is 46.1 Å². The molecule has 1 saturated heterocycles. The van der Waals surface area contributed by atoms with Gasteiger partial charge in [-0.25, -0.2) is 4.39 Å². The molecule has 0 bridgehead atoms. The summed E-state index contributed by atoms with van der Waals surface area (Å²) in [7, 11) is 0. The first-order chi connectivity index (χ1) is 9.06. The quantitative estimate of drug-likeness (QED) is 0.908. The Balaban J connectivity index is 2.24. The highest BCUT2D eigenvalue weighted by Gasteiger charge is 2.23. The monoisotopic (exact) mass is 328 g/mol. The highest BCUT2D eigenvalue weighted by Crippen LogP contribution is 2.30. The maximum atomic E-state index is 13.6. The van der Waals surface area contributed by atoms with Crippen molar-refractivity contribution in [2.24, 2.45) is 5.92 Å². The van der Waals surface area contributed by atoms with Crippen molar-refractivity contribution in [3.63, 3.8) is 0 Å². The van der Waals surface area contributed by atoms with E-state index in [1.54, 1.807) is 6.07 Å². The van der Waals surface area contributed by atoms with Crippen molar-refractivity contribution in [1.29, 1.82) is 0 Å². The normalized spacial score (nSPS) is 18.8. The lowest BCUT2D eigenvalue weighted by molar-refractivity contribution is 0.154. The molecule has 0 unspecified atom stereocenters. The van der Waals surface area contributed by atoms with E-state index in [1.165, 1.54) is 6.07 Å². The number of nitrogens with zero attached hydrogens (tertiary/aromatic N) is 1. The van der Waals surface area contributed by atoms with Gasteiger partial charge in [-0.2, -0.15) is 0 Å². The van der Waals surface area contributed by atoms with Gasteiger partial charge in [0.1, 0.15) is 5.82 Å². The van der Waals surface area contributed by atoms with Gasteiger partial charge >= 0.3 is 0 Å². The van der Waals surface area contributed by atoms with Crippen molar-refractivity contribution in [2.75, 3.05) is 26.2 Å². The third-order valence-corrected chi connectivity index (χ3v) is 4.01. The molecule has 2 nitrogen and oxygen atoms in total. The highest BCUT2D eigenvalue weighted by molar-refractivity contribution is 9.10. The molecule has 1 heterocycles. The van der Waals surface area contributed by atoms with Crippen LogP contribution in [0.1, 0.15) is 31.9 Å². The number of benzene rings is 1. The fourth-order valence-electron chi connectivity index (χ4n) is 2.70. The lowest BCUT2D eigenvalue weighted by Crippen LogP contribution is -2.45.